The van der Waals surface area contributed by atoms with Crippen molar-refractivity contribution in [3.8, 4) is 0 Å². The van der Waals surface area contributed by atoms with Crippen LogP contribution in [-0.2, 0) is 14.3 Å². The molecule has 0 heterocycles. The summed E-state index contributed by atoms with van der Waals surface area (Å²) in [7, 11) is 0. The highest BCUT2D eigenvalue weighted by atomic mass is 16.7. The molecule has 1 rings (SSSR count). The van der Waals surface area contributed by atoms with Gasteiger partial charge in [-0.05, 0) is 13.0 Å². The summed E-state index contributed by atoms with van der Waals surface area (Å²) in [5, 5.41) is 18.8. The van der Waals surface area contributed by atoms with Crippen molar-refractivity contribution in [1.29, 1.82) is 0 Å². The molecule has 0 radical (unpaired) electrons. The molecule has 2 N–H and O–H groups in total. The van der Waals surface area contributed by atoms with E-state index in [1.807, 2.05) is 0 Å². The van der Waals surface area contributed by atoms with Crippen LogP contribution in [0.15, 0.2) is 36.5 Å². The number of allylic oxidation sites excluding steroid dienone is 2. The first-order valence-corrected chi connectivity index (χ1v) is 4.57. The topological polar surface area (TPSA) is 83.8 Å². The molecule has 5 heteroatoms. The van der Waals surface area contributed by atoms with Crippen molar-refractivity contribution in [2.45, 2.75) is 12.7 Å². The van der Waals surface area contributed by atoms with Crippen LogP contribution < -0.4 is 0 Å². The molecular weight excluding hydrogens is 212 g/mol. The molecule has 0 bridgehead atoms. The van der Waals surface area contributed by atoms with Gasteiger partial charge in [0.15, 0.2) is 0 Å². The SMILES string of the molecule is C=C(C)C(=O)OC1(O)C=CC=CC1C(=O)O. The third-order valence-corrected chi connectivity index (χ3v) is 2.07. The highest BCUT2D eigenvalue weighted by Gasteiger charge is 2.43. The molecular formula is C11H12O5. The minimum atomic E-state index is -2.16. The fourth-order valence-electron chi connectivity index (χ4n) is 1.20. The zero-order chi connectivity index (χ0) is 12.3. The van der Waals surface area contributed by atoms with E-state index in [-0.39, 0.29) is 5.57 Å². The summed E-state index contributed by atoms with van der Waals surface area (Å²) in [5.74, 6) is -5.59. The quantitative estimate of drug-likeness (QED) is 0.417. The van der Waals surface area contributed by atoms with Crippen LogP contribution in [0.25, 0.3) is 0 Å². The Labute approximate surface area is 92.3 Å². The van der Waals surface area contributed by atoms with E-state index in [1.165, 1.54) is 25.2 Å². The van der Waals surface area contributed by atoms with Gasteiger partial charge in [-0.15, -0.1) is 0 Å². The Balaban J connectivity index is 2.93. The Kier molecular flexibility index (Phi) is 3.29. The van der Waals surface area contributed by atoms with Gasteiger partial charge in [0, 0.05) is 5.57 Å². The summed E-state index contributed by atoms with van der Waals surface area (Å²) in [6.45, 7) is 4.75. The second-order valence-electron chi connectivity index (χ2n) is 3.48. The molecule has 0 aromatic rings. The van der Waals surface area contributed by atoms with Crippen LogP contribution in [0.2, 0.25) is 0 Å². The molecule has 0 aliphatic heterocycles. The first-order valence-electron chi connectivity index (χ1n) is 4.57. The molecule has 16 heavy (non-hydrogen) atoms. The van der Waals surface area contributed by atoms with E-state index in [2.05, 4.69) is 6.58 Å². The van der Waals surface area contributed by atoms with E-state index in [9.17, 15) is 14.7 Å². The number of aliphatic carboxylic acids is 1. The van der Waals surface area contributed by atoms with Crippen molar-refractivity contribution in [1.82, 2.24) is 0 Å². The van der Waals surface area contributed by atoms with Crippen LogP contribution in [-0.4, -0.2) is 27.9 Å². The Morgan fingerprint density at radius 3 is 2.56 bits per heavy atom. The number of carboxylic acid groups (broad SMARTS) is 1. The van der Waals surface area contributed by atoms with Gasteiger partial charge in [0.2, 0.25) is 5.79 Å². The van der Waals surface area contributed by atoms with E-state index in [4.69, 9.17) is 9.84 Å². The fraction of sp³-hybridized carbons (Fsp3) is 0.273. The molecule has 0 saturated carbocycles. The predicted octanol–water partition coefficient (Wildman–Crippen LogP) is 0.621. The number of carbonyl (C=O) groups excluding carboxylic acids is 1. The monoisotopic (exact) mass is 224 g/mol. The van der Waals surface area contributed by atoms with Gasteiger partial charge in [0.25, 0.3) is 0 Å². The Bertz CT molecular complexity index is 393. The third kappa shape index (κ3) is 2.38. The first-order chi connectivity index (χ1) is 7.37. The normalized spacial score (nSPS) is 27.5. The van der Waals surface area contributed by atoms with Crippen molar-refractivity contribution < 1.29 is 24.5 Å². The highest BCUT2D eigenvalue weighted by Crippen LogP contribution is 2.27. The summed E-state index contributed by atoms with van der Waals surface area (Å²) in [4.78, 5) is 22.1. The Hall–Kier alpha value is -1.88. The van der Waals surface area contributed by atoms with E-state index in [1.54, 1.807) is 0 Å². The number of rotatable bonds is 3. The van der Waals surface area contributed by atoms with Gasteiger partial charge in [-0.2, -0.15) is 0 Å². The molecule has 2 unspecified atom stereocenters. The van der Waals surface area contributed by atoms with E-state index in [0.29, 0.717) is 0 Å². The summed E-state index contributed by atoms with van der Waals surface area (Å²) in [6, 6.07) is 0. The van der Waals surface area contributed by atoms with Crippen molar-refractivity contribution in [3.05, 3.63) is 36.5 Å². The maximum Gasteiger partial charge on any atom is 0.335 e. The van der Waals surface area contributed by atoms with Gasteiger partial charge in [-0.3, -0.25) is 4.79 Å². The first kappa shape index (κ1) is 12.2. The lowest BCUT2D eigenvalue weighted by molar-refractivity contribution is -0.203. The van der Waals surface area contributed by atoms with E-state index in [0.717, 1.165) is 6.08 Å². The number of carboxylic acids is 1. The summed E-state index contributed by atoms with van der Waals surface area (Å²) >= 11 is 0. The molecule has 0 spiro atoms. The zero-order valence-corrected chi connectivity index (χ0v) is 8.71. The molecule has 0 aromatic heterocycles. The molecule has 1 aliphatic carbocycles. The van der Waals surface area contributed by atoms with Crippen LogP contribution in [0.4, 0.5) is 0 Å². The van der Waals surface area contributed by atoms with Crippen LogP contribution >= 0.6 is 0 Å². The van der Waals surface area contributed by atoms with Crippen LogP contribution in [0, 0.1) is 5.92 Å². The molecule has 0 fully saturated rings. The number of hydrogen-bond donors (Lipinski definition) is 2. The smallest absolute Gasteiger partial charge is 0.335 e. The maximum atomic E-state index is 11.3. The summed E-state index contributed by atoms with van der Waals surface area (Å²) in [6.07, 6.45) is 5.23. The lowest BCUT2D eigenvalue weighted by atomic mass is 9.94. The lowest BCUT2D eigenvalue weighted by Crippen LogP contribution is -2.44. The van der Waals surface area contributed by atoms with Crippen molar-refractivity contribution in [2.24, 2.45) is 5.92 Å². The minimum absolute atomic E-state index is 0.0838. The molecule has 0 saturated heterocycles. The summed E-state index contributed by atoms with van der Waals surface area (Å²) in [5.41, 5.74) is 0.0838. The minimum Gasteiger partial charge on any atom is -0.481 e. The van der Waals surface area contributed by atoms with E-state index < -0.39 is 23.6 Å². The van der Waals surface area contributed by atoms with Crippen molar-refractivity contribution in [3.63, 3.8) is 0 Å². The Morgan fingerprint density at radius 1 is 1.44 bits per heavy atom. The number of ether oxygens (including phenoxy) is 1. The molecule has 86 valence electrons. The van der Waals surface area contributed by atoms with Gasteiger partial charge in [-0.1, -0.05) is 24.8 Å². The van der Waals surface area contributed by atoms with Crippen molar-refractivity contribution in [2.75, 3.05) is 0 Å². The van der Waals surface area contributed by atoms with Gasteiger partial charge in [0.1, 0.15) is 5.92 Å². The van der Waals surface area contributed by atoms with Gasteiger partial charge >= 0.3 is 11.9 Å². The Morgan fingerprint density at radius 2 is 2.06 bits per heavy atom. The number of aliphatic hydroxyl groups is 1. The average molecular weight is 224 g/mol. The fourth-order valence-corrected chi connectivity index (χ4v) is 1.20. The molecule has 5 nitrogen and oxygen atoms in total. The summed E-state index contributed by atoms with van der Waals surface area (Å²) < 4.78 is 4.71. The lowest BCUT2D eigenvalue weighted by Gasteiger charge is -2.30. The standard InChI is InChI=1S/C11H12O5/c1-7(2)10(14)16-11(15)6-4-3-5-8(11)9(12)13/h3-6,8,15H,1H2,2H3,(H,12,13). The number of esters is 1. The largest absolute Gasteiger partial charge is 0.481 e. The predicted molar refractivity (Wildman–Crippen MR) is 55.3 cm³/mol. The van der Waals surface area contributed by atoms with Crippen LogP contribution in [0.3, 0.4) is 0 Å². The average Bonchev–Trinajstić information content (AvgIpc) is 2.16. The molecule has 0 amide bonds. The van der Waals surface area contributed by atoms with Gasteiger partial charge < -0.3 is 14.9 Å². The van der Waals surface area contributed by atoms with Crippen LogP contribution in [0.5, 0.6) is 0 Å². The molecule has 1 aliphatic rings. The van der Waals surface area contributed by atoms with E-state index >= 15 is 0 Å². The van der Waals surface area contributed by atoms with Gasteiger partial charge in [-0.25, -0.2) is 4.79 Å². The second-order valence-corrected chi connectivity index (χ2v) is 3.48. The van der Waals surface area contributed by atoms with Crippen molar-refractivity contribution >= 4 is 11.9 Å². The second kappa shape index (κ2) is 4.32. The number of hydrogen-bond acceptors (Lipinski definition) is 4. The zero-order valence-electron chi connectivity index (χ0n) is 8.71. The molecule has 2 atom stereocenters. The maximum absolute atomic E-state index is 11.3. The van der Waals surface area contributed by atoms with Gasteiger partial charge in [0.05, 0.1) is 0 Å². The third-order valence-electron chi connectivity index (χ3n) is 2.07. The highest BCUT2D eigenvalue weighted by molar-refractivity contribution is 5.88. The van der Waals surface area contributed by atoms with Crippen LogP contribution in [0.1, 0.15) is 6.92 Å². The molecule has 0 aromatic carbocycles. The number of carbonyl (C=O) groups is 2.